The molecule has 1 fully saturated rings. The van der Waals surface area contributed by atoms with Crippen molar-refractivity contribution in [2.45, 2.75) is 12.8 Å². The highest BCUT2D eigenvalue weighted by Crippen LogP contribution is 2.21. The van der Waals surface area contributed by atoms with Gasteiger partial charge in [-0.15, -0.1) is 0 Å². The summed E-state index contributed by atoms with van der Waals surface area (Å²) in [6.07, 6.45) is 4.31. The van der Waals surface area contributed by atoms with Crippen LogP contribution in [0.15, 0.2) is 23.0 Å². The van der Waals surface area contributed by atoms with E-state index in [1.165, 1.54) is 12.5 Å². The molecule has 7 heteroatoms. The molecule has 0 saturated carbocycles. The number of hydrogen-bond donors (Lipinski definition) is 0. The maximum Gasteiger partial charge on any atom is 0.257 e. The third-order valence-electron chi connectivity index (χ3n) is 4.34. The van der Waals surface area contributed by atoms with Crippen LogP contribution in [-0.2, 0) is 14.3 Å². The zero-order valence-electron chi connectivity index (χ0n) is 14.4. The molecule has 0 bridgehead atoms. The van der Waals surface area contributed by atoms with Crippen LogP contribution < -0.4 is 0 Å². The van der Waals surface area contributed by atoms with Gasteiger partial charge in [0, 0.05) is 46.3 Å². The number of nitrogens with zero attached hydrogens (tertiary/aromatic N) is 2. The van der Waals surface area contributed by atoms with Crippen LogP contribution in [0.2, 0.25) is 0 Å². The first-order chi connectivity index (χ1) is 11.7. The van der Waals surface area contributed by atoms with Gasteiger partial charge < -0.3 is 23.7 Å². The zero-order chi connectivity index (χ0) is 17.4. The van der Waals surface area contributed by atoms with Gasteiger partial charge in [0.25, 0.3) is 5.91 Å². The Morgan fingerprint density at radius 1 is 1.21 bits per heavy atom. The number of ether oxygens (including phenoxy) is 2. The Kier molecular flexibility index (Phi) is 7.27. The van der Waals surface area contributed by atoms with Gasteiger partial charge in [0.2, 0.25) is 5.91 Å². The highest BCUT2D eigenvalue weighted by Gasteiger charge is 2.30. The van der Waals surface area contributed by atoms with Gasteiger partial charge in [0.15, 0.2) is 0 Å². The number of piperidine rings is 1. The molecule has 134 valence electrons. The van der Waals surface area contributed by atoms with Crippen molar-refractivity contribution in [2.75, 3.05) is 53.6 Å². The Hall–Kier alpha value is -1.86. The van der Waals surface area contributed by atoms with Crippen LogP contribution >= 0.6 is 0 Å². The Bertz CT molecular complexity index is 501. The Balaban J connectivity index is 1.87. The summed E-state index contributed by atoms with van der Waals surface area (Å²) < 4.78 is 15.1. The number of furan rings is 1. The van der Waals surface area contributed by atoms with Gasteiger partial charge in [-0.3, -0.25) is 9.59 Å². The maximum absolute atomic E-state index is 12.7. The second kappa shape index (κ2) is 9.44. The Labute approximate surface area is 142 Å². The van der Waals surface area contributed by atoms with Crippen LogP contribution in [0, 0.1) is 5.92 Å². The van der Waals surface area contributed by atoms with Crippen LogP contribution in [0.5, 0.6) is 0 Å². The SMILES string of the molecule is COCCN(CCOC)C(=O)C1CCN(C(=O)c2ccoc2)CC1. The fraction of sp³-hybridized carbons (Fsp3) is 0.647. The highest BCUT2D eigenvalue weighted by atomic mass is 16.5. The molecule has 0 radical (unpaired) electrons. The van der Waals surface area contributed by atoms with Crippen molar-refractivity contribution in [1.29, 1.82) is 0 Å². The first-order valence-electron chi connectivity index (χ1n) is 8.25. The van der Waals surface area contributed by atoms with Crippen LogP contribution in [0.1, 0.15) is 23.2 Å². The van der Waals surface area contributed by atoms with E-state index in [0.29, 0.717) is 57.8 Å². The molecule has 1 aromatic heterocycles. The van der Waals surface area contributed by atoms with Gasteiger partial charge in [-0.1, -0.05) is 0 Å². The van der Waals surface area contributed by atoms with Crippen molar-refractivity contribution in [2.24, 2.45) is 5.92 Å². The fourth-order valence-corrected chi connectivity index (χ4v) is 2.89. The summed E-state index contributed by atoms with van der Waals surface area (Å²) in [5.74, 6) is 0.0388. The molecule has 0 unspecified atom stereocenters. The van der Waals surface area contributed by atoms with E-state index in [0.717, 1.165) is 0 Å². The first-order valence-corrected chi connectivity index (χ1v) is 8.25. The standard InChI is InChI=1S/C17H26N2O5/c1-22-11-8-19(9-12-23-2)16(20)14-3-6-18(7-4-14)17(21)15-5-10-24-13-15/h5,10,13-14H,3-4,6-9,11-12H2,1-2H3. The van der Waals surface area contributed by atoms with Crippen molar-refractivity contribution in [3.05, 3.63) is 24.2 Å². The van der Waals surface area contributed by atoms with E-state index in [1.54, 1.807) is 30.1 Å². The molecule has 1 saturated heterocycles. The molecule has 1 aliphatic rings. The Morgan fingerprint density at radius 2 is 1.83 bits per heavy atom. The highest BCUT2D eigenvalue weighted by molar-refractivity contribution is 5.94. The molecule has 2 rings (SSSR count). The third-order valence-corrected chi connectivity index (χ3v) is 4.34. The van der Waals surface area contributed by atoms with Crippen molar-refractivity contribution in [3.8, 4) is 0 Å². The van der Waals surface area contributed by atoms with E-state index in [2.05, 4.69) is 0 Å². The van der Waals surface area contributed by atoms with Crippen molar-refractivity contribution in [1.82, 2.24) is 9.80 Å². The lowest BCUT2D eigenvalue weighted by Crippen LogP contribution is -2.46. The summed E-state index contributed by atoms with van der Waals surface area (Å²) in [6.45, 7) is 3.31. The fourth-order valence-electron chi connectivity index (χ4n) is 2.89. The van der Waals surface area contributed by atoms with E-state index in [4.69, 9.17) is 13.9 Å². The topological polar surface area (TPSA) is 72.2 Å². The van der Waals surface area contributed by atoms with E-state index < -0.39 is 0 Å². The molecule has 2 amide bonds. The average molecular weight is 338 g/mol. The van der Waals surface area contributed by atoms with Crippen molar-refractivity contribution >= 4 is 11.8 Å². The number of amides is 2. The van der Waals surface area contributed by atoms with Crippen LogP contribution in [-0.4, -0.2) is 75.2 Å². The summed E-state index contributed by atoms with van der Waals surface area (Å²) in [7, 11) is 3.25. The van der Waals surface area contributed by atoms with Crippen LogP contribution in [0.4, 0.5) is 0 Å². The molecule has 0 N–H and O–H groups in total. The minimum atomic E-state index is -0.0490. The number of likely N-dealkylation sites (tertiary alicyclic amines) is 1. The van der Waals surface area contributed by atoms with Gasteiger partial charge in [-0.2, -0.15) is 0 Å². The van der Waals surface area contributed by atoms with Crippen molar-refractivity contribution < 1.29 is 23.5 Å². The molecule has 0 spiro atoms. The molecule has 1 aliphatic heterocycles. The minimum Gasteiger partial charge on any atom is -0.472 e. The van der Waals surface area contributed by atoms with Gasteiger partial charge in [0.05, 0.1) is 25.0 Å². The summed E-state index contributed by atoms with van der Waals surface area (Å²) in [5, 5.41) is 0. The molecular formula is C17H26N2O5. The molecule has 7 nitrogen and oxygen atoms in total. The lowest BCUT2D eigenvalue weighted by Gasteiger charge is -2.34. The molecule has 0 atom stereocenters. The largest absolute Gasteiger partial charge is 0.472 e. The summed E-state index contributed by atoms with van der Waals surface area (Å²) in [6, 6.07) is 1.66. The number of methoxy groups -OCH3 is 2. The lowest BCUT2D eigenvalue weighted by molar-refractivity contribution is -0.138. The van der Waals surface area contributed by atoms with Crippen molar-refractivity contribution in [3.63, 3.8) is 0 Å². The van der Waals surface area contributed by atoms with E-state index in [-0.39, 0.29) is 17.7 Å². The van der Waals surface area contributed by atoms with E-state index in [1.807, 2.05) is 0 Å². The normalized spacial score (nSPS) is 15.5. The molecule has 1 aromatic rings. The van der Waals surface area contributed by atoms with Gasteiger partial charge >= 0.3 is 0 Å². The third kappa shape index (κ3) is 4.82. The van der Waals surface area contributed by atoms with Gasteiger partial charge in [-0.05, 0) is 18.9 Å². The second-order valence-corrected chi connectivity index (χ2v) is 5.89. The van der Waals surface area contributed by atoms with Crippen LogP contribution in [0.3, 0.4) is 0 Å². The smallest absolute Gasteiger partial charge is 0.257 e. The summed E-state index contributed by atoms with van der Waals surface area (Å²) in [5.41, 5.74) is 0.557. The molecule has 0 aromatic carbocycles. The Morgan fingerprint density at radius 3 is 2.33 bits per heavy atom. The van der Waals surface area contributed by atoms with E-state index >= 15 is 0 Å². The molecule has 24 heavy (non-hydrogen) atoms. The zero-order valence-corrected chi connectivity index (χ0v) is 14.4. The summed E-state index contributed by atoms with van der Waals surface area (Å²) >= 11 is 0. The number of carbonyl (C=O) groups excluding carboxylic acids is 2. The predicted octanol–water partition coefficient (Wildman–Crippen LogP) is 1.25. The van der Waals surface area contributed by atoms with Gasteiger partial charge in [-0.25, -0.2) is 0 Å². The molecule has 0 aliphatic carbocycles. The second-order valence-electron chi connectivity index (χ2n) is 5.89. The first kappa shape index (κ1) is 18.5. The quantitative estimate of drug-likeness (QED) is 0.713. The molecule has 2 heterocycles. The number of rotatable bonds is 8. The maximum atomic E-state index is 12.7. The average Bonchev–Trinajstić information content (AvgIpc) is 3.15. The lowest BCUT2D eigenvalue weighted by atomic mass is 9.95. The number of carbonyl (C=O) groups is 2. The monoisotopic (exact) mass is 338 g/mol. The van der Waals surface area contributed by atoms with Gasteiger partial charge in [0.1, 0.15) is 6.26 Å². The van der Waals surface area contributed by atoms with E-state index in [9.17, 15) is 9.59 Å². The van der Waals surface area contributed by atoms with Crippen LogP contribution in [0.25, 0.3) is 0 Å². The predicted molar refractivity (Wildman–Crippen MR) is 87.7 cm³/mol. The number of hydrogen-bond acceptors (Lipinski definition) is 5. The summed E-state index contributed by atoms with van der Waals surface area (Å²) in [4.78, 5) is 28.6. The minimum absolute atomic E-state index is 0.0368. The molecular weight excluding hydrogens is 312 g/mol.